The van der Waals surface area contributed by atoms with Gasteiger partial charge in [-0.2, -0.15) is 0 Å². The first-order valence-electron chi connectivity index (χ1n) is 9.55. The minimum Gasteiger partial charge on any atom is -0.384 e. The van der Waals surface area contributed by atoms with Gasteiger partial charge in [0.2, 0.25) is 5.91 Å². The number of H-pyrrole nitrogens is 1. The summed E-state index contributed by atoms with van der Waals surface area (Å²) in [5, 5.41) is 12.4. The maximum absolute atomic E-state index is 14.4. The Bertz CT molecular complexity index is 1050. The number of carbonyl (C=O) groups is 1. The minimum atomic E-state index is -1.06. The molecule has 1 atom stereocenters. The monoisotopic (exact) mass is 402 g/mol. The Labute approximate surface area is 165 Å². The summed E-state index contributed by atoms with van der Waals surface area (Å²) in [6, 6.07) is 8.03. The van der Waals surface area contributed by atoms with Crippen LogP contribution in [0.15, 0.2) is 36.4 Å². The first-order chi connectivity index (χ1) is 13.8. The van der Waals surface area contributed by atoms with Crippen molar-refractivity contribution in [2.24, 2.45) is 5.92 Å². The van der Waals surface area contributed by atoms with Gasteiger partial charge in [0, 0.05) is 18.0 Å². The highest BCUT2D eigenvalue weighted by atomic mass is 19.1. The number of aromatic nitrogens is 1. The summed E-state index contributed by atoms with van der Waals surface area (Å²) in [5.41, 5.74) is 2.39. The van der Waals surface area contributed by atoms with Crippen LogP contribution in [0.3, 0.4) is 0 Å². The summed E-state index contributed by atoms with van der Waals surface area (Å²) in [6.07, 6.45) is 0.411. The quantitative estimate of drug-likeness (QED) is 0.598. The van der Waals surface area contributed by atoms with Gasteiger partial charge in [-0.1, -0.05) is 0 Å². The fourth-order valence-electron chi connectivity index (χ4n) is 4.04. The largest absolute Gasteiger partial charge is 0.384 e. The molecule has 1 saturated carbocycles. The summed E-state index contributed by atoms with van der Waals surface area (Å²) in [4.78, 5) is 14.6. The molecule has 7 heteroatoms. The predicted octanol–water partition coefficient (Wildman–Crippen LogP) is 4.24. The first-order valence-corrected chi connectivity index (χ1v) is 9.55. The molecule has 0 aliphatic heterocycles. The second-order valence-corrected chi connectivity index (χ2v) is 7.69. The smallest absolute Gasteiger partial charge is 0.248 e. The molecule has 1 aromatic heterocycles. The van der Waals surface area contributed by atoms with E-state index in [-0.39, 0.29) is 23.2 Å². The average molecular weight is 402 g/mol. The number of aliphatic hydroxyl groups is 1. The zero-order chi connectivity index (χ0) is 20.7. The third kappa shape index (κ3) is 3.74. The zero-order valence-corrected chi connectivity index (χ0v) is 15.8. The van der Waals surface area contributed by atoms with Crippen LogP contribution in [-0.2, 0) is 4.79 Å². The molecule has 0 spiro atoms. The molecular formula is C22H21F3N2O2. The molecule has 1 heterocycles. The SMILES string of the molecule is C[C@H](O)C(=O)NC[C@H]1C[C@@H](c2c(-c3ccc(F)cc3)[nH]c3c(F)cc(F)cc32)C1. The summed E-state index contributed by atoms with van der Waals surface area (Å²) in [6.45, 7) is 1.85. The van der Waals surface area contributed by atoms with Gasteiger partial charge < -0.3 is 15.4 Å². The highest BCUT2D eigenvalue weighted by molar-refractivity contribution is 5.92. The molecule has 4 rings (SSSR count). The van der Waals surface area contributed by atoms with Gasteiger partial charge in [-0.3, -0.25) is 4.79 Å². The number of amides is 1. The number of rotatable bonds is 5. The third-order valence-electron chi connectivity index (χ3n) is 5.59. The van der Waals surface area contributed by atoms with Crippen LogP contribution in [0.25, 0.3) is 22.2 Å². The number of aromatic amines is 1. The number of fused-ring (bicyclic) bond motifs is 1. The van der Waals surface area contributed by atoms with Crippen molar-refractivity contribution < 1.29 is 23.1 Å². The molecule has 3 N–H and O–H groups in total. The van der Waals surface area contributed by atoms with Gasteiger partial charge in [0.05, 0.1) is 11.2 Å². The Kier molecular flexibility index (Phi) is 5.08. The van der Waals surface area contributed by atoms with Crippen molar-refractivity contribution in [2.75, 3.05) is 6.54 Å². The van der Waals surface area contributed by atoms with Gasteiger partial charge in [0.15, 0.2) is 0 Å². The maximum Gasteiger partial charge on any atom is 0.248 e. The van der Waals surface area contributed by atoms with Gasteiger partial charge in [-0.15, -0.1) is 0 Å². The molecule has 1 amide bonds. The Hall–Kier alpha value is -2.80. The zero-order valence-electron chi connectivity index (χ0n) is 15.8. The Morgan fingerprint density at radius 3 is 2.52 bits per heavy atom. The lowest BCUT2D eigenvalue weighted by atomic mass is 9.70. The van der Waals surface area contributed by atoms with Crippen molar-refractivity contribution in [3.8, 4) is 11.3 Å². The Morgan fingerprint density at radius 1 is 1.17 bits per heavy atom. The molecule has 2 aromatic carbocycles. The van der Waals surface area contributed by atoms with Crippen LogP contribution in [0.4, 0.5) is 13.2 Å². The molecule has 3 aromatic rings. The van der Waals surface area contributed by atoms with Crippen molar-refractivity contribution in [2.45, 2.75) is 31.8 Å². The van der Waals surface area contributed by atoms with Gasteiger partial charge in [-0.25, -0.2) is 13.2 Å². The van der Waals surface area contributed by atoms with Crippen molar-refractivity contribution in [3.05, 3.63) is 59.4 Å². The van der Waals surface area contributed by atoms with Crippen LogP contribution in [-0.4, -0.2) is 28.6 Å². The molecule has 0 bridgehead atoms. The number of nitrogens with one attached hydrogen (secondary N) is 2. The number of aliphatic hydroxyl groups excluding tert-OH is 1. The molecule has 29 heavy (non-hydrogen) atoms. The van der Waals surface area contributed by atoms with Crippen LogP contribution < -0.4 is 5.32 Å². The van der Waals surface area contributed by atoms with E-state index in [9.17, 15) is 23.1 Å². The lowest BCUT2D eigenvalue weighted by molar-refractivity contribution is -0.128. The lowest BCUT2D eigenvalue weighted by Crippen LogP contribution is -2.39. The van der Waals surface area contributed by atoms with Crippen LogP contribution in [0.2, 0.25) is 0 Å². The second kappa shape index (κ2) is 7.55. The van der Waals surface area contributed by atoms with Crippen molar-refractivity contribution in [1.82, 2.24) is 10.3 Å². The molecule has 4 nitrogen and oxygen atoms in total. The van der Waals surface area contributed by atoms with Crippen LogP contribution >= 0.6 is 0 Å². The summed E-state index contributed by atoms with van der Waals surface area (Å²) < 4.78 is 41.6. The molecule has 152 valence electrons. The molecule has 1 aliphatic carbocycles. The van der Waals surface area contributed by atoms with Crippen LogP contribution in [0.1, 0.15) is 31.2 Å². The van der Waals surface area contributed by atoms with Gasteiger partial charge in [0.25, 0.3) is 0 Å². The van der Waals surface area contributed by atoms with Gasteiger partial charge >= 0.3 is 0 Å². The van der Waals surface area contributed by atoms with E-state index in [4.69, 9.17) is 0 Å². The molecular weight excluding hydrogens is 381 g/mol. The fourth-order valence-corrected chi connectivity index (χ4v) is 4.04. The van der Waals surface area contributed by atoms with Crippen molar-refractivity contribution >= 4 is 16.8 Å². The van der Waals surface area contributed by atoms with E-state index in [0.29, 0.717) is 23.2 Å². The van der Waals surface area contributed by atoms with E-state index in [1.165, 1.54) is 25.1 Å². The number of hydrogen-bond donors (Lipinski definition) is 3. The summed E-state index contributed by atoms with van der Waals surface area (Å²) >= 11 is 0. The van der Waals surface area contributed by atoms with Gasteiger partial charge in [0.1, 0.15) is 23.6 Å². The molecule has 0 saturated heterocycles. The topological polar surface area (TPSA) is 65.1 Å². The third-order valence-corrected chi connectivity index (χ3v) is 5.59. The standard InChI is InChI=1S/C22H21F3N2O2/c1-11(28)22(29)26-10-12-6-14(7-12)19-17-8-16(24)9-18(25)21(17)27-20(19)13-2-4-15(23)5-3-13/h2-5,8-9,11-12,14,27-28H,6-7,10H2,1H3,(H,26,29)/t11-,12-,14+/m0/s1. The predicted molar refractivity (Wildman–Crippen MR) is 104 cm³/mol. The fraction of sp³-hybridized carbons (Fsp3) is 0.318. The minimum absolute atomic E-state index is 0.0541. The summed E-state index contributed by atoms with van der Waals surface area (Å²) in [7, 11) is 0. The highest BCUT2D eigenvalue weighted by Crippen LogP contribution is 2.48. The normalized spacial score (nSPS) is 19.8. The molecule has 1 aliphatic rings. The van der Waals surface area contributed by atoms with E-state index >= 15 is 0 Å². The van der Waals surface area contributed by atoms with E-state index in [0.717, 1.165) is 24.5 Å². The van der Waals surface area contributed by atoms with E-state index in [1.807, 2.05) is 0 Å². The number of halogens is 3. The number of hydrogen-bond acceptors (Lipinski definition) is 2. The second-order valence-electron chi connectivity index (χ2n) is 7.69. The van der Waals surface area contributed by atoms with E-state index < -0.39 is 23.6 Å². The van der Waals surface area contributed by atoms with Crippen molar-refractivity contribution in [1.29, 1.82) is 0 Å². The van der Waals surface area contributed by atoms with Gasteiger partial charge in [-0.05, 0) is 73.1 Å². The molecule has 0 radical (unpaired) electrons. The summed E-state index contributed by atoms with van der Waals surface area (Å²) in [5.74, 6) is -1.85. The highest BCUT2D eigenvalue weighted by Gasteiger charge is 2.35. The number of carbonyl (C=O) groups excluding carboxylic acids is 1. The van der Waals surface area contributed by atoms with Crippen LogP contribution in [0, 0.1) is 23.4 Å². The lowest BCUT2D eigenvalue weighted by Gasteiger charge is -2.36. The van der Waals surface area contributed by atoms with E-state index in [1.54, 1.807) is 12.1 Å². The Morgan fingerprint density at radius 2 is 1.86 bits per heavy atom. The Balaban J connectivity index is 1.65. The molecule has 1 fully saturated rings. The van der Waals surface area contributed by atoms with Crippen LogP contribution in [0.5, 0.6) is 0 Å². The van der Waals surface area contributed by atoms with E-state index in [2.05, 4.69) is 10.3 Å². The number of benzene rings is 2. The first kappa shape index (κ1) is 19.5. The average Bonchev–Trinajstić information content (AvgIpc) is 3.00. The maximum atomic E-state index is 14.4. The molecule has 0 unspecified atom stereocenters. The van der Waals surface area contributed by atoms with Crippen molar-refractivity contribution in [3.63, 3.8) is 0 Å².